The lowest BCUT2D eigenvalue weighted by Crippen LogP contribution is -2.22. The molecule has 3 rings (SSSR count). The molecular formula is C11H11N7OS2. The number of amides is 1. The number of nitrogens with one attached hydrogen (secondary N) is 2. The van der Waals surface area contributed by atoms with Crippen LogP contribution in [0.4, 0.5) is 5.13 Å². The molecule has 0 aliphatic rings. The summed E-state index contributed by atoms with van der Waals surface area (Å²) in [5.74, 6) is -0.151. The van der Waals surface area contributed by atoms with E-state index >= 15 is 0 Å². The third-order valence-corrected chi connectivity index (χ3v) is 4.46. The second kappa shape index (κ2) is 5.74. The molecule has 1 amide bonds. The molecule has 1 atom stereocenters. The van der Waals surface area contributed by atoms with E-state index in [1.807, 2.05) is 6.92 Å². The molecule has 108 valence electrons. The Bertz CT molecular complexity index is 784. The fraction of sp³-hybridized carbons (Fsp3) is 0.273. The summed E-state index contributed by atoms with van der Waals surface area (Å²) in [7, 11) is 0. The molecule has 10 heteroatoms. The van der Waals surface area contributed by atoms with Crippen molar-refractivity contribution >= 4 is 45.3 Å². The van der Waals surface area contributed by atoms with Crippen LogP contribution < -0.4 is 5.32 Å². The number of aromatic nitrogens is 6. The standard InChI is InChI=1S/C11H11N7OS2/c1-5(9(19)16-11-18-17-6(2)21-11)20-10-7-8(13-3-12-7)14-4-15-10/h3-5H,1-2H3,(H,16,18,19)(H,12,13,14,15)/t5-/m0/s1. The average molecular weight is 321 g/mol. The second-order valence-electron chi connectivity index (χ2n) is 4.16. The van der Waals surface area contributed by atoms with Crippen LogP contribution in [0.25, 0.3) is 11.2 Å². The maximum Gasteiger partial charge on any atom is 0.239 e. The van der Waals surface area contributed by atoms with Crippen molar-refractivity contribution in [1.29, 1.82) is 0 Å². The lowest BCUT2D eigenvalue weighted by atomic mass is 10.4. The topological polar surface area (TPSA) is 109 Å². The maximum atomic E-state index is 12.1. The number of fused-ring (bicyclic) bond motifs is 1. The summed E-state index contributed by atoms with van der Waals surface area (Å²) in [5, 5.41) is 12.1. The van der Waals surface area contributed by atoms with Crippen LogP contribution in [-0.4, -0.2) is 41.3 Å². The van der Waals surface area contributed by atoms with Gasteiger partial charge in [0, 0.05) is 0 Å². The van der Waals surface area contributed by atoms with Gasteiger partial charge in [-0.2, -0.15) is 0 Å². The quantitative estimate of drug-likeness (QED) is 0.555. The van der Waals surface area contributed by atoms with Gasteiger partial charge < -0.3 is 4.98 Å². The van der Waals surface area contributed by atoms with Crippen molar-refractivity contribution in [2.75, 3.05) is 5.32 Å². The summed E-state index contributed by atoms with van der Waals surface area (Å²) in [6.45, 7) is 3.64. The molecule has 21 heavy (non-hydrogen) atoms. The monoisotopic (exact) mass is 321 g/mol. The molecule has 0 aliphatic carbocycles. The third kappa shape index (κ3) is 3.00. The molecule has 0 bridgehead atoms. The zero-order chi connectivity index (χ0) is 14.8. The molecule has 3 aromatic heterocycles. The van der Waals surface area contributed by atoms with E-state index in [1.54, 1.807) is 13.3 Å². The fourth-order valence-corrected chi connectivity index (χ4v) is 3.08. The van der Waals surface area contributed by atoms with Crippen LogP contribution in [0.3, 0.4) is 0 Å². The Balaban J connectivity index is 1.72. The van der Waals surface area contributed by atoms with Gasteiger partial charge in [-0.15, -0.1) is 10.2 Å². The number of hydrogen-bond donors (Lipinski definition) is 2. The number of carbonyl (C=O) groups is 1. The highest BCUT2D eigenvalue weighted by atomic mass is 32.2. The van der Waals surface area contributed by atoms with Gasteiger partial charge in [0.05, 0.1) is 11.6 Å². The molecule has 0 unspecified atom stereocenters. The highest BCUT2D eigenvalue weighted by Gasteiger charge is 2.19. The molecule has 0 saturated heterocycles. The van der Waals surface area contributed by atoms with Gasteiger partial charge in [-0.1, -0.05) is 23.1 Å². The first-order chi connectivity index (χ1) is 10.1. The Morgan fingerprint density at radius 2 is 2.24 bits per heavy atom. The van der Waals surface area contributed by atoms with Gasteiger partial charge >= 0.3 is 0 Å². The number of H-pyrrole nitrogens is 1. The molecule has 0 aliphatic heterocycles. The number of thioether (sulfide) groups is 1. The number of rotatable bonds is 4. The van der Waals surface area contributed by atoms with Crippen LogP contribution in [0.1, 0.15) is 11.9 Å². The predicted octanol–water partition coefficient (Wildman–Crippen LogP) is 1.63. The number of aromatic amines is 1. The van der Waals surface area contributed by atoms with Crippen molar-refractivity contribution in [3.05, 3.63) is 17.7 Å². The third-order valence-electron chi connectivity index (χ3n) is 2.60. The number of hydrogen-bond acceptors (Lipinski definition) is 8. The normalized spacial score (nSPS) is 12.5. The van der Waals surface area contributed by atoms with Gasteiger partial charge in [-0.3, -0.25) is 10.1 Å². The second-order valence-corrected chi connectivity index (χ2v) is 6.67. The lowest BCUT2D eigenvalue weighted by molar-refractivity contribution is -0.115. The van der Waals surface area contributed by atoms with Gasteiger partial charge in [-0.25, -0.2) is 15.0 Å². The fourth-order valence-electron chi connectivity index (χ4n) is 1.61. The van der Waals surface area contributed by atoms with Gasteiger partial charge in [-0.05, 0) is 13.8 Å². The van der Waals surface area contributed by atoms with Crippen molar-refractivity contribution in [2.45, 2.75) is 24.1 Å². The number of aryl methyl sites for hydroxylation is 1. The first-order valence-corrected chi connectivity index (χ1v) is 7.75. The summed E-state index contributed by atoms with van der Waals surface area (Å²) in [6.07, 6.45) is 2.99. The van der Waals surface area contributed by atoms with Crippen molar-refractivity contribution in [1.82, 2.24) is 30.1 Å². The summed E-state index contributed by atoms with van der Waals surface area (Å²) in [6, 6.07) is 0. The minimum absolute atomic E-state index is 0.151. The minimum atomic E-state index is -0.337. The molecule has 3 aromatic rings. The predicted molar refractivity (Wildman–Crippen MR) is 80.3 cm³/mol. The van der Waals surface area contributed by atoms with Crippen LogP contribution >= 0.6 is 23.1 Å². The summed E-state index contributed by atoms with van der Waals surface area (Å²) < 4.78 is 0. The number of imidazole rings is 1. The lowest BCUT2D eigenvalue weighted by Gasteiger charge is -2.09. The Morgan fingerprint density at radius 3 is 3.00 bits per heavy atom. The van der Waals surface area contributed by atoms with Crippen LogP contribution in [0.15, 0.2) is 17.7 Å². The van der Waals surface area contributed by atoms with E-state index in [2.05, 4.69) is 35.5 Å². The Labute approximate surface area is 127 Å². The van der Waals surface area contributed by atoms with E-state index in [9.17, 15) is 4.79 Å². The summed E-state index contributed by atoms with van der Waals surface area (Å²) in [4.78, 5) is 27.4. The largest absolute Gasteiger partial charge is 0.341 e. The van der Waals surface area contributed by atoms with E-state index in [-0.39, 0.29) is 11.2 Å². The summed E-state index contributed by atoms with van der Waals surface area (Å²) >= 11 is 2.67. The Hall–Kier alpha value is -2.07. The van der Waals surface area contributed by atoms with Gasteiger partial charge in [0.25, 0.3) is 0 Å². The van der Waals surface area contributed by atoms with Crippen LogP contribution in [-0.2, 0) is 4.79 Å². The molecule has 0 radical (unpaired) electrons. The Morgan fingerprint density at radius 1 is 1.38 bits per heavy atom. The average Bonchev–Trinajstić information content (AvgIpc) is 3.08. The molecule has 2 N–H and O–H groups in total. The molecule has 0 aromatic carbocycles. The molecule has 3 heterocycles. The molecule has 0 saturated carbocycles. The van der Waals surface area contributed by atoms with Crippen molar-refractivity contribution in [3.63, 3.8) is 0 Å². The van der Waals surface area contributed by atoms with E-state index in [1.165, 1.54) is 29.4 Å². The number of anilines is 1. The van der Waals surface area contributed by atoms with Crippen LogP contribution in [0.5, 0.6) is 0 Å². The first-order valence-electron chi connectivity index (χ1n) is 6.05. The van der Waals surface area contributed by atoms with Crippen LogP contribution in [0, 0.1) is 6.92 Å². The molecular weight excluding hydrogens is 310 g/mol. The maximum absolute atomic E-state index is 12.1. The highest BCUT2D eigenvalue weighted by Crippen LogP contribution is 2.27. The highest BCUT2D eigenvalue weighted by molar-refractivity contribution is 8.00. The minimum Gasteiger partial charge on any atom is -0.341 e. The summed E-state index contributed by atoms with van der Waals surface area (Å²) in [5.41, 5.74) is 1.31. The van der Waals surface area contributed by atoms with E-state index in [0.717, 1.165) is 10.5 Å². The van der Waals surface area contributed by atoms with Gasteiger partial charge in [0.1, 0.15) is 21.9 Å². The van der Waals surface area contributed by atoms with E-state index in [4.69, 9.17) is 0 Å². The zero-order valence-corrected chi connectivity index (χ0v) is 12.8. The van der Waals surface area contributed by atoms with Gasteiger partial charge in [0.15, 0.2) is 5.65 Å². The molecule has 8 nitrogen and oxygen atoms in total. The number of carbonyl (C=O) groups excluding carboxylic acids is 1. The zero-order valence-electron chi connectivity index (χ0n) is 11.2. The van der Waals surface area contributed by atoms with Gasteiger partial charge in [0.2, 0.25) is 11.0 Å². The van der Waals surface area contributed by atoms with Crippen molar-refractivity contribution in [3.8, 4) is 0 Å². The molecule has 0 fully saturated rings. The molecule has 0 spiro atoms. The van der Waals surface area contributed by atoms with E-state index < -0.39 is 0 Å². The smallest absolute Gasteiger partial charge is 0.239 e. The van der Waals surface area contributed by atoms with Crippen LogP contribution in [0.2, 0.25) is 0 Å². The number of nitrogens with zero attached hydrogens (tertiary/aromatic N) is 5. The first kappa shape index (κ1) is 13.9. The Kier molecular flexibility index (Phi) is 3.80. The van der Waals surface area contributed by atoms with E-state index in [0.29, 0.717) is 15.8 Å². The SMILES string of the molecule is Cc1nnc(NC(=O)[C@H](C)Sc2ncnc3nc[nH]c23)s1. The van der Waals surface area contributed by atoms with Crippen molar-refractivity contribution < 1.29 is 4.79 Å². The van der Waals surface area contributed by atoms with Crippen molar-refractivity contribution in [2.24, 2.45) is 0 Å².